The third-order valence-electron chi connectivity index (χ3n) is 6.75. The van der Waals surface area contributed by atoms with Crippen LogP contribution in [0.15, 0.2) is 40.8 Å². The molecule has 0 N–H and O–H groups in total. The molecule has 1 aromatic carbocycles. The molecule has 3 heterocycles. The second-order valence-corrected chi connectivity index (χ2v) is 9.28. The quantitative estimate of drug-likeness (QED) is 0.554. The fourth-order valence-corrected chi connectivity index (χ4v) is 4.95. The summed E-state index contributed by atoms with van der Waals surface area (Å²) in [6.07, 6.45) is 5.27. The number of hydrogen-bond acceptors (Lipinski definition) is 5. The lowest BCUT2D eigenvalue weighted by Gasteiger charge is -2.35. The molecule has 5 nitrogen and oxygen atoms in total. The fourth-order valence-electron chi connectivity index (χ4n) is 4.95. The number of rotatable bonds is 10. The van der Waals surface area contributed by atoms with Crippen LogP contribution in [0.3, 0.4) is 0 Å². The first kappa shape index (κ1) is 22.5. The Morgan fingerprint density at radius 1 is 1.03 bits per heavy atom. The van der Waals surface area contributed by atoms with Crippen LogP contribution in [0, 0.1) is 12.8 Å². The molecule has 0 saturated carbocycles. The zero-order valence-electron chi connectivity index (χ0n) is 19.2. The molecule has 1 aromatic heterocycles. The van der Waals surface area contributed by atoms with Crippen molar-refractivity contribution in [3.63, 3.8) is 0 Å². The van der Waals surface area contributed by atoms with Crippen molar-refractivity contribution in [2.75, 3.05) is 39.9 Å². The summed E-state index contributed by atoms with van der Waals surface area (Å²) < 4.78 is 17.1. The predicted molar refractivity (Wildman–Crippen MR) is 123 cm³/mol. The van der Waals surface area contributed by atoms with Crippen LogP contribution in [0.1, 0.15) is 48.3 Å². The van der Waals surface area contributed by atoms with Crippen molar-refractivity contribution in [2.45, 2.75) is 58.4 Å². The Bertz CT molecular complexity index is 791. The second-order valence-electron chi connectivity index (χ2n) is 9.28. The van der Waals surface area contributed by atoms with Crippen molar-refractivity contribution < 1.29 is 13.9 Å². The van der Waals surface area contributed by atoms with Gasteiger partial charge in [0.15, 0.2) is 0 Å². The zero-order chi connectivity index (χ0) is 21.5. The van der Waals surface area contributed by atoms with E-state index in [-0.39, 0.29) is 0 Å². The first-order chi connectivity index (χ1) is 15.2. The van der Waals surface area contributed by atoms with Crippen LogP contribution in [0.4, 0.5) is 0 Å². The molecule has 2 fully saturated rings. The maximum Gasteiger partial charge on any atom is 0.129 e. The smallest absolute Gasteiger partial charge is 0.129 e. The lowest BCUT2D eigenvalue weighted by Crippen LogP contribution is -2.40. The van der Waals surface area contributed by atoms with E-state index in [0.29, 0.717) is 12.7 Å². The predicted octanol–water partition coefficient (Wildman–Crippen LogP) is 4.63. The minimum Gasteiger partial charge on any atom is -0.462 e. The van der Waals surface area contributed by atoms with Crippen molar-refractivity contribution >= 4 is 0 Å². The van der Waals surface area contributed by atoms with Crippen molar-refractivity contribution in [3.05, 3.63) is 59.0 Å². The Labute approximate surface area is 187 Å². The van der Waals surface area contributed by atoms with Crippen molar-refractivity contribution in [3.8, 4) is 0 Å². The Balaban J connectivity index is 1.30. The summed E-state index contributed by atoms with van der Waals surface area (Å²) in [5, 5.41) is 0. The first-order valence-corrected chi connectivity index (χ1v) is 11.9. The number of aryl methyl sites for hydroxylation is 1. The van der Waals surface area contributed by atoms with E-state index in [4.69, 9.17) is 13.9 Å². The van der Waals surface area contributed by atoms with Crippen LogP contribution in [0.2, 0.25) is 0 Å². The van der Waals surface area contributed by atoms with Crippen LogP contribution in [-0.4, -0.2) is 55.8 Å². The molecule has 2 saturated heterocycles. The lowest BCUT2D eigenvalue weighted by molar-refractivity contribution is 0.0539. The third-order valence-corrected chi connectivity index (χ3v) is 6.75. The van der Waals surface area contributed by atoms with Gasteiger partial charge in [-0.15, -0.1) is 0 Å². The van der Waals surface area contributed by atoms with E-state index in [0.717, 1.165) is 50.2 Å². The number of piperidine rings is 1. The van der Waals surface area contributed by atoms with E-state index in [1.807, 2.05) is 6.07 Å². The highest BCUT2D eigenvalue weighted by Crippen LogP contribution is 2.24. The van der Waals surface area contributed by atoms with E-state index in [2.05, 4.69) is 47.1 Å². The van der Waals surface area contributed by atoms with E-state index in [1.165, 1.54) is 49.9 Å². The summed E-state index contributed by atoms with van der Waals surface area (Å²) in [4.78, 5) is 5.18. The number of benzene rings is 1. The average Bonchev–Trinajstić information content (AvgIpc) is 3.44. The van der Waals surface area contributed by atoms with Gasteiger partial charge < -0.3 is 13.9 Å². The molecule has 2 aromatic rings. The number of hydrogen-bond donors (Lipinski definition) is 0. The molecule has 0 unspecified atom stereocenters. The van der Waals surface area contributed by atoms with Gasteiger partial charge in [-0.2, -0.15) is 0 Å². The Morgan fingerprint density at radius 3 is 2.58 bits per heavy atom. The monoisotopic (exact) mass is 426 g/mol. The summed E-state index contributed by atoms with van der Waals surface area (Å²) in [6.45, 7) is 10.1. The summed E-state index contributed by atoms with van der Waals surface area (Å²) in [5.74, 6) is 2.67. The molecule has 0 radical (unpaired) electrons. The summed E-state index contributed by atoms with van der Waals surface area (Å²) in [5.41, 5.74) is 2.87. The highest BCUT2D eigenvalue weighted by Gasteiger charge is 2.25. The largest absolute Gasteiger partial charge is 0.462 e. The van der Waals surface area contributed by atoms with E-state index in [9.17, 15) is 0 Å². The highest BCUT2D eigenvalue weighted by molar-refractivity contribution is 5.25. The van der Waals surface area contributed by atoms with Gasteiger partial charge >= 0.3 is 0 Å². The first-order valence-electron chi connectivity index (χ1n) is 11.9. The van der Waals surface area contributed by atoms with Gasteiger partial charge in [-0.25, -0.2) is 0 Å². The molecule has 0 spiro atoms. The zero-order valence-corrected chi connectivity index (χ0v) is 19.2. The Hall–Kier alpha value is -1.66. The van der Waals surface area contributed by atoms with Crippen LogP contribution < -0.4 is 0 Å². The maximum atomic E-state index is 5.99. The molecule has 4 rings (SSSR count). The van der Waals surface area contributed by atoms with Gasteiger partial charge in [-0.05, 0) is 74.9 Å². The van der Waals surface area contributed by atoms with Gasteiger partial charge in [-0.1, -0.05) is 24.3 Å². The van der Waals surface area contributed by atoms with Crippen LogP contribution >= 0.6 is 0 Å². The molecule has 2 aliphatic heterocycles. The molecule has 2 aliphatic rings. The average molecular weight is 427 g/mol. The summed E-state index contributed by atoms with van der Waals surface area (Å²) in [7, 11) is 1.71. The second kappa shape index (κ2) is 11.3. The molecule has 0 aliphatic carbocycles. The Morgan fingerprint density at radius 2 is 1.84 bits per heavy atom. The molecule has 1 atom stereocenters. The number of nitrogens with zero attached hydrogens (tertiary/aromatic N) is 2. The van der Waals surface area contributed by atoms with E-state index < -0.39 is 0 Å². The molecule has 31 heavy (non-hydrogen) atoms. The van der Waals surface area contributed by atoms with Crippen LogP contribution in [-0.2, 0) is 29.2 Å². The SMILES string of the molecule is COCc1ccc(CN(CC2CCN(Cc3ccccc3C)CC2)C[C@@H]2CCCO2)o1. The molecular formula is C26H38N2O3. The molecule has 0 amide bonds. The topological polar surface area (TPSA) is 38.1 Å². The van der Waals surface area contributed by atoms with E-state index in [1.54, 1.807) is 7.11 Å². The van der Waals surface area contributed by atoms with Crippen LogP contribution in [0.5, 0.6) is 0 Å². The summed E-state index contributed by atoms with van der Waals surface area (Å²) >= 11 is 0. The van der Waals surface area contributed by atoms with E-state index >= 15 is 0 Å². The minimum atomic E-state index is 0.370. The summed E-state index contributed by atoms with van der Waals surface area (Å²) in [6, 6.07) is 12.9. The number of furan rings is 1. The third kappa shape index (κ3) is 6.66. The van der Waals surface area contributed by atoms with Crippen molar-refractivity contribution in [1.29, 1.82) is 0 Å². The van der Waals surface area contributed by atoms with Gasteiger partial charge in [0.25, 0.3) is 0 Å². The number of ether oxygens (including phenoxy) is 2. The maximum absolute atomic E-state index is 5.99. The van der Waals surface area contributed by atoms with Crippen LogP contribution in [0.25, 0.3) is 0 Å². The molecular weight excluding hydrogens is 388 g/mol. The number of likely N-dealkylation sites (tertiary alicyclic amines) is 1. The molecule has 0 bridgehead atoms. The molecule has 5 heteroatoms. The van der Waals surface area contributed by atoms with Gasteiger partial charge in [0.05, 0.1) is 12.6 Å². The van der Waals surface area contributed by atoms with Crippen molar-refractivity contribution in [1.82, 2.24) is 9.80 Å². The van der Waals surface area contributed by atoms with Crippen molar-refractivity contribution in [2.24, 2.45) is 5.92 Å². The Kier molecular flexibility index (Phi) is 8.20. The number of methoxy groups -OCH3 is 1. The lowest BCUT2D eigenvalue weighted by atomic mass is 9.95. The van der Waals surface area contributed by atoms with Gasteiger partial charge in [-0.3, -0.25) is 9.80 Å². The normalized spacial score (nSPS) is 20.7. The standard InChI is InChI=1S/C26H38N2O3/c1-21-6-3-4-7-23(21)17-27-13-11-22(12-14-27)16-28(18-24-8-5-15-30-24)19-25-9-10-26(31-25)20-29-2/h3-4,6-7,9-10,22,24H,5,8,11-20H2,1-2H3/t24-/m0/s1. The minimum absolute atomic E-state index is 0.370. The molecule has 170 valence electrons. The van der Waals surface area contributed by atoms with Gasteiger partial charge in [0, 0.05) is 33.4 Å². The van der Waals surface area contributed by atoms with Gasteiger partial charge in [0.2, 0.25) is 0 Å². The highest BCUT2D eigenvalue weighted by atomic mass is 16.5. The van der Waals surface area contributed by atoms with Gasteiger partial charge in [0.1, 0.15) is 18.1 Å². The fraction of sp³-hybridized carbons (Fsp3) is 0.615.